The summed E-state index contributed by atoms with van der Waals surface area (Å²) in [7, 11) is 0. The summed E-state index contributed by atoms with van der Waals surface area (Å²) in [6, 6.07) is 16.6. The van der Waals surface area contributed by atoms with Gasteiger partial charge in [-0.05, 0) is 94.4 Å². The van der Waals surface area contributed by atoms with Crippen molar-refractivity contribution >= 4 is 21.5 Å². The van der Waals surface area contributed by atoms with Gasteiger partial charge in [0, 0.05) is 16.7 Å². The Hall–Kier alpha value is -5.57. The average molecular weight is 757 g/mol. The van der Waals surface area contributed by atoms with Gasteiger partial charge in [0.25, 0.3) is 0 Å². The molecule has 278 valence electrons. The fourth-order valence-corrected chi connectivity index (χ4v) is 6.21. The predicted molar refractivity (Wildman–Crippen MR) is 184 cm³/mol. The lowest BCUT2D eigenvalue weighted by molar-refractivity contribution is -0.189. The van der Waals surface area contributed by atoms with E-state index in [9.17, 15) is 22.0 Å². The number of fused-ring (bicyclic) bond motifs is 2. The summed E-state index contributed by atoms with van der Waals surface area (Å²) in [6.07, 6.45) is -4.41. The number of aryl methyl sites for hydroxylation is 1. The summed E-state index contributed by atoms with van der Waals surface area (Å²) in [4.78, 5) is 0. The fraction of sp³-hybridized carbons (Fsp3) is 0.190. The van der Waals surface area contributed by atoms with Crippen molar-refractivity contribution in [2.24, 2.45) is 0 Å². The predicted octanol–water partition coefficient (Wildman–Crippen LogP) is 13.3. The van der Waals surface area contributed by atoms with Crippen LogP contribution in [-0.2, 0) is 12.5 Å². The van der Waals surface area contributed by atoms with Crippen LogP contribution in [0.3, 0.4) is 0 Å². The molecule has 0 radical (unpaired) electrons. The molecule has 0 atom stereocenters. The van der Waals surface area contributed by atoms with Crippen molar-refractivity contribution in [2.45, 2.75) is 51.3 Å². The van der Waals surface area contributed by atoms with E-state index in [0.717, 1.165) is 61.3 Å². The van der Waals surface area contributed by atoms with Gasteiger partial charge >= 0.3 is 12.3 Å². The van der Waals surface area contributed by atoms with Crippen molar-refractivity contribution in [1.29, 1.82) is 0 Å². The summed E-state index contributed by atoms with van der Waals surface area (Å²) in [5.41, 5.74) is -2.12. The molecule has 0 saturated carbocycles. The number of rotatable bonds is 10. The molecule has 0 spiro atoms. The maximum absolute atomic E-state index is 15.8. The molecule has 0 heterocycles. The van der Waals surface area contributed by atoms with Crippen LogP contribution in [0.15, 0.2) is 84.9 Å². The molecular weight excluding hydrogens is 729 g/mol. The molecule has 54 heavy (non-hydrogen) atoms. The van der Waals surface area contributed by atoms with Crippen LogP contribution in [0.5, 0.6) is 5.75 Å². The van der Waals surface area contributed by atoms with E-state index in [1.165, 1.54) is 12.0 Å². The van der Waals surface area contributed by atoms with Crippen LogP contribution >= 0.6 is 0 Å². The minimum absolute atomic E-state index is 0.0926. The van der Waals surface area contributed by atoms with Gasteiger partial charge < -0.3 is 4.74 Å². The van der Waals surface area contributed by atoms with Gasteiger partial charge in [0.2, 0.25) is 0 Å². The largest absolute Gasteiger partial charge is 0.458 e. The highest BCUT2D eigenvalue weighted by molar-refractivity contribution is 5.92. The highest BCUT2D eigenvalue weighted by Crippen LogP contribution is 2.40. The van der Waals surface area contributed by atoms with Crippen LogP contribution < -0.4 is 4.74 Å². The molecule has 6 rings (SSSR count). The Morgan fingerprint density at radius 2 is 1.19 bits per heavy atom. The number of hydrogen-bond acceptors (Lipinski definition) is 1. The second-order valence-corrected chi connectivity index (χ2v) is 12.6. The van der Waals surface area contributed by atoms with Gasteiger partial charge in [-0.25, -0.2) is 26.3 Å². The minimum atomic E-state index is -5.05. The molecule has 6 aromatic carbocycles. The van der Waals surface area contributed by atoms with E-state index in [2.05, 4.69) is 11.7 Å². The maximum Gasteiger partial charge on any atom is 0.458 e. The van der Waals surface area contributed by atoms with Gasteiger partial charge in [0.05, 0.1) is 11.1 Å². The Morgan fingerprint density at radius 1 is 0.574 bits per heavy atom. The Kier molecular flexibility index (Phi) is 10.6. The number of hydrogen-bond donors (Lipinski definition) is 0. The summed E-state index contributed by atoms with van der Waals surface area (Å²) >= 11 is 0. The van der Waals surface area contributed by atoms with Crippen LogP contribution in [0, 0.1) is 46.7 Å². The first-order chi connectivity index (χ1) is 25.6. The summed E-state index contributed by atoms with van der Waals surface area (Å²) in [5.74, 6) is -8.07. The zero-order valence-corrected chi connectivity index (χ0v) is 28.2. The third-order valence-corrected chi connectivity index (χ3v) is 8.83. The summed E-state index contributed by atoms with van der Waals surface area (Å²) in [5, 5.41) is -0.913. The van der Waals surface area contributed by atoms with Gasteiger partial charge in [-0.3, -0.25) is 0 Å². The van der Waals surface area contributed by atoms with Gasteiger partial charge in [0.1, 0.15) is 46.2 Å². The zero-order valence-electron chi connectivity index (χ0n) is 28.2. The number of halogens is 11. The second kappa shape index (κ2) is 15.0. The molecule has 1 nitrogen and oxygen atoms in total. The van der Waals surface area contributed by atoms with Crippen molar-refractivity contribution in [3.63, 3.8) is 0 Å². The van der Waals surface area contributed by atoms with Gasteiger partial charge in [-0.2, -0.15) is 22.0 Å². The molecule has 0 unspecified atom stereocenters. The summed E-state index contributed by atoms with van der Waals surface area (Å²) in [6.45, 7) is 2.14. The molecule has 12 heteroatoms. The molecule has 0 bridgehead atoms. The highest BCUT2D eigenvalue weighted by Gasteiger charge is 2.41. The minimum Gasteiger partial charge on any atom is -0.429 e. The second-order valence-electron chi connectivity index (χ2n) is 12.6. The number of unbranched alkanes of at least 4 members (excludes halogenated alkanes) is 3. The Bertz CT molecular complexity index is 2420. The molecule has 0 saturated heterocycles. The fourth-order valence-electron chi connectivity index (χ4n) is 6.21. The quantitative estimate of drug-likeness (QED) is 0.0768. The third-order valence-electron chi connectivity index (χ3n) is 8.83. The van der Waals surface area contributed by atoms with Crippen molar-refractivity contribution < 1.29 is 53.0 Å². The lowest BCUT2D eigenvalue weighted by atomic mass is 9.95. The van der Waals surface area contributed by atoms with Crippen molar-refractivity contribution in [1.82, 2.24) is 0 Å². The zero-order chi connectivity index (χ0) is 38.9. The first kappa shape index (κ1) is 38.2. The molecule has 0 fully saturated rings. The van der Waals surface area contributed by atoms with Gasteiger partial charge in [0.15, 0.2) is 0 Å². The van der Waals surface area contributed by atoms with Gasteiger partial charge in [-0.1, -0.05) is 68.5 Å². The molecule has 0 aliphatic heterocycles. The Morgan fingerprint density at radius 3 is 1.85 bits per heavy atom. The SMILES string of the molecule is CCCCCCc1ccc(-c2ccc3c(F)c(-c4cc(F)c(C(F)(F)Oc5ccc6c(F)c(C#CC(F)(F)F)c(F)cc6c5)c(F)c4)c(F)cc3c2)cc1. The van der Waals surface area contributed by atoms with Crippen molar-refractivity contribution in [3.05, 3.63) is 137 Å². The number of ether oxygens (including phenoxy) is 1. The molecule has 6 aromatic rings. The van der Waals surface area contributed by atoms with E-state index in [-0.39, 0.29) is 10.8 Å². The molecule has 0 aromatic heterocycles. The Balaban J connectivity index is 1.26. The topological polar surface area (TPSA) is 9.23 Å². The highest BCUT2D eigenvalue weighted by atomic mass is 19.4. The van der Waals surface area contributed by atoms with E-state index in [1.807, 2.05) is 24.3 Å². The average Bonchev–Trinajstić information content (AvgIpc) is 3.09. The standard InChI is InChI=1S/C42H27F11O/c1-2-3-4-5-6-23-7-9-24(10-8-23)25-11-13-31-26(17-25)20-34(44)37(40(31)48)28-21-35(45)38(36(46)22-28)42(52,53)54-29-12-14-30-27(18-29)19-33(43)32(39(30)47)15-16-41(49,50)51/h7-14,17-22H,2-6H2,1H3. The maximum atomic E-state index is 15.8. The number of benzene rings is 6. The van der Waals surface area contributed by atoms with E-state index in [1.54, 1.807) is 12.1 Å². The van der Waals surface area contributed by atoms with Crippen molar-refractivity contribution in [3.8, 4) is 39.8 Å². The Labute approximate surface area is 302 Å². The first-order valence-corrected chi connectivity index (χ1v) is 16.7. The van der Waals surface area contributed by atoms with Crippen molar-refractivity contribution in [2.75, 3.05) is 0 Å². The van der Waals surface area contributed by atoms with E-state index in [4.69, 9.17) is 0 Å². The first-order valence-electron chi connectivity index (χ1n) is 16.7. The van der Waals surface area contributed by atoms with Crippen LogP contribution in [0.2, 0.25) is 0 Å². The third kappa shape index (κ3) is 8.00. The number of alkyl halides is 5. The van der Waals surface area contributed by atoms with Crippen LogP contribution in [0.4, 0.5) is 48.3 Å². The van der Waals surface area contributed by atoms with Crippen LogP contribution in [0.25, 0.3) is 43.8 Å². The van der Waals surface area contributed by atoms with Gasteiger partial charge in [-0.15, -0.1) is 0 Å². The normalized spacial score (nSPS) is 11.9. The van der Waals surface area contributed by atoms with Crippen LogP contribution in [0.1, 0.15) is 49.3 Å². The molecule has 0 amide bonds. The lowest BCUT2D eigenvalue weighted by Crippen LogP contribution is -2.25. The van der Waals surface area contributed by atoms with E-state index >= 15 is 26.3 Å². The molecule has 0 aliphatic carbocycles. The summed E-state index contributed by atoms with van der Waals surface area (Å²) < 4.78 is 163. The van der Waals surface area contributed by atoms with E-state index in [0.29, 0.717) is 35.9 Å². The van der Waals surface area contributed by atoms with E-state index < -0.39 is 86.0 Å². The molecule has 0 aliphatic rings. The van der Waals surface area contributed by atoms with Crippen LogP contribution in [-0.4, -0.2) is 6.18 Å². The monoisotopic (exact) mass is 756 g/mol. The lowest BCUT2D eigenvalue weighted by Gasteiger charge is -2.20. The molecular formula is C42H27F11O. The molecule has 0 N–H and O–H groups in total. The smallest absolute Gasteiger partial charge is 0.429 e.